The van der Waals surface area contributed by atoms with Crippen LogP contribution in [0.1, 0.15) is 24.6 Å². The van der Waals surface area contributed by atoms with E-state index in [0.717, 1.165) is 25.2 Å². The van der Waals surface area contributed by atoms with Crippen molar-refractivity contribution in [3.63, 3.8) is 0 Å². The number of nitriles is 2. The first kappa shape index (κ1) is 12.2. The standard InChI is InChI=1S/C12H14N4/c1-2-16(7-3-5-13)10-11-4-6-15-12(8-11)9-14/h4,6,8H,2-3,7,10H2,1H3. The van der Waals surface area contributed by atoms with Gasteiger partial charge in [-0.3, -0.25) is 4.90 Å². The molecule has 1 rings (SSSR count). The van der Waals surface area contributed by atoms with Crippen LogP contribution < -0.4 is 0 Å². The van der Waals surface area contributed by atoms with Crippen molar-refractivity contribution >= 4 is 0 Å². The molecule has 0 radical (unpaired) electrons. The van der Waals surface area contributed by atoms with Crippen LogP contribution in [-0.4, -0.2) is 23.0 Å². The van der Waals surface area contributed by atoms with E-state index in [2.05, 4.69) is 22.9 Å². The zero-order chi connectivity index (χ0) is 11.8. The highest BCUT2D eigenvalue weighted by molar-refractivity contribution is 5.25. The van der Waals surface area contributed by atoms with Crippen molar-refractivity contribution in [1.29, 1.82) is 10.5 Å². The highest BCUT2D eigenvalue weighted by Crippen LogP contribution is 2.05. The molecule has 1 aromatic rings. The zero-order valence-corrected chi connectivity index (χ0v) is 9.35. The lowest BCUT2D eigenvalue weighted by atomic mass is 10.2. The molecule has 0 bridgehead atoms. The van der Waals surface area contributed by atoms with Gasteiger partial charge in [-0.2, -0.15) is 10.5 Å². The normalized spacial score (nSPS) is 9.75. The molecular weight excluding hydrogens is 200 g/mol. The first-order valence-corrected chi connectivity index (χ1v) is 5.24. The Morgan fingerprint density at radius 1 is 1.44 bits per heavy atom. The third kappa shape index (κ3) is 3.68. The largest absolute Gasteiger partial charge is 0.298 e. The van der Waals surface area contributed by atoms with E-state index in [1.165, 1.54) is 0 Å². The Kier molecular flexibility index (Phi) is 4.98. The molecule has 0 saturated carbocycles. The fourth-order valence-corrected chi connectivity index (χ4v) is 1.45. The molecule has 0 spiro atoms. The minimum Gasteiger partial charge on any atom is -0.298 e. The number of nitrogens with zero attached hydrogens (tertiary/aromatic N) is 4. The van der Waals surface area contributed by atoms with Gasteiger partial charge in [0.2, 0.25) is 0 Å². The molecule has 0 aliphatic carbocycles. The second kappa shape index (κ2) is 6.55. The molecule has 0 saturated heterocycles. The Balaban J connectivity index is 2.64. The summed E-state index contributed by atoms with van der Waals surface area (Å²) in [7, 11) is 0. The summed E-state index contributed by atoms with van der Waals surface area (Å²) < 4.78 is 0. The number of aromatic nitrogens is 1. The summed E-state index contributed by atoms with van der Waals surface area (Å²) in [5.74, 6) is 0. The summed E-state index contributed by atoms with van der Waals surface area (Å²) in [5, 5.41) is 17.3. The first-order valence-electron chi connectivity index (χ1n) is 5.24. The van der Waals surface area contributed by atoms with Gasteiger partial charge in [-0.25, -0.2) is 4.98 Å². The molecule has 1 heterocycles. The van der Waals surface area contributed by atoms with Crippen molar-refractivity contribution in [2.45, 2.75) is 19.9 Å². The van der Waals surface area contributed by atoms with Crippen LogP contribution in [0.3, 0.4) is 0 Å². The minimum atomic E-state index is 0.439. The highest BCUT2D eigenvalue weighted by Gasteiger charge is 2.04. The van der Waals surface area contributed by atoms with Crippen LogP contribution in [0.5, 0.6) is 0 Å². The van der Waals surface area contributed by atoms with Gasteiger partial charge >= 0.3 is 0 Å². The summed E-state index contributed by atoms with van der Waals surface area (Å²) >= 11 is 0. The van der Waals surface area contributed by atoms with E-state index in [1.807, 2.05) is 12.1 Å². The summed E-state index contributed by atoms with van der Waals surface area (Å²) in [6.07, 6.45) is 2.18. The van der Waals surface area contributed by atoms with Crippen LogP contribution in [-0.2, 0) is 6.54 Å². The molecule has 0 aliphatic heterocycles. The van der Waals surface area contributed by atoms with E-state index in [4.69, 9.17) is 10.5 Å². The Morgan fingerprint density at radius 2 is 2.25 bits per heavy atom. The van der Waals surface area contributed by atoms with E-state index < -0.39 is 0 Å². The number of hydrogen-bond acceptors (Lipinski definition) is 4. The number of hydrogen-bond donors (Lipinski definition) is 0. The Bertz CT molecular complexity index is 414. The number of pyridine rings is 1. The van der Waals surface area contributed by atoms with Gasteiger partial charge in [0.15, 0.2) is 0 Å². The van der Waals surface area contributed by atoms with Gasteiger partial charge in [0.1, 0.15) is 11.8 Å². The predicted octanol–water partition coefficient (Wildman–Crippen LogP) is 1.69. The van der Waals surface area contributed by atoms with E-state index in [0.29, 0.717) is 12.1 Å². The van der Waals surface area contributed by atoms with Crippen molar-refractivity contribution in [2.24, 2.45) is 0 Å². The molecule has 4 nitrogen and oxygen atoms in total. The molecule has 0 unspecified atom stereocenters. The average molecular weight is 214 g/mol. The van der Waals surface area contributed by atoms with Gasteiger partial charge in [-0.1, -0.05) is 6.92 Å². The Hall–Kier alpha value is -1.91. The highest BCUT2D eigenvalue weighted by atomic mass is 15.1. The monoisotopic (exact) mass is 214 g/mol. The van der Waals surface area contributed by atoms with Gasteiger partial charge in [0.05, 0.1) is 6.07 Å². The quantitative estimate of drug-likeness (QED) is 0.748. The average Bonchev–Trinajstić information content (AvgIpc) is 2.34. The van der Waals surface area contributed by atoms with Crippen LogP contribution in [0.4, 0.5) is 0 Å². The van der Waals surface area contributed by atoms with Crippen LogP contribution in [0.15, 0.2) is 18.3 Å². The second-order valence-electron chi connectivity index (χ2n) is 3.44. The van der Waals surface area contributed by atoms with Crippen LogP contribution in [0.2, 0.25) is 0 Å². The lowest BCUT2D eigenvalue weighted by molar-refractivity contribution is 0.286. The fourth-order valence-electron chi connectivity index (χ4n) is 1.45. The second-order valence-corrected chi connectivity index (χ2v) is 3.44. The SMILES string of the molecule is CCN(CCC#N)Cc1ccnc(C#N)c1. The van der Waals surface area contributed by atoms with Gasteiger partial charge < -0.3 is 0 Å². The molecular formula is C12H14N4. The molecule has 16 heavy (non-hydrogen) atoms. The van der Waals surface area contributed by atoms with Gasteiger partial charge in [0, 0.05) is 25.7 Å². The molecule has 0 atom stereocenters. The van der Waals surface area contributed by atoms with Gasteiger partial charge in [-0.15, -0.1) is 0 Å². The van der Waals surface area contributed by atoms with Crippen molar-refractivity contribution in [3.05, 3.63) is 29.6 Å². The molecule has 1 aromatic heterocycles. The molecule has 0 aromatic carbocycles. The first-order chi connectivity index (χ1) is 7.80. The third-order valence-corrected chi connectivity index (χ3v) is 2.33. The van der Waals surface area contributed by atoms with E-state index in [9.17, 15) is 0 Å². The van der Waals surface area contributed by atoms with Gasteiger partial charge in [0.25, 0.3) is 0 Å². The Morgan fingerprint density at radius 3 is 2.88 bits per heavy atom. The minimum absolute atomic E-state index is 0.439. The van der Waals surface area contributed by atoms with Crippen molar-refractivity contribution < 1.29 is 0 Å². The number of rotatable bonds is 5. The van der Waals surface area contributed by atoms with Crippen LogP contribution in [0.25, 0.3) is 0 Å². The zero-order valence-electron chi connectivity index (χ0n) is 9.35. The van der Waals surface area contributed by atoms with E-state index >= 15 is 0 Å². The molecule has 4 heteroatoms. The van der Waals surface area contributed by atoms with Crippen molar-refractivity contribution in [2.75, 3.05) is 13.1 Å². The summed E-state index contributed by atoms with van der Waals surface area (Å²) in [5.41, 5.74) is 1.50. The van der Waals surface area contributed by atoms with Crippen LogP contribution >= 0.6 is 0 Å². The lowest BCUT2D eigenvalue weighted by Gasteiger charge is -2.18. The van der Waals surface area contributed by atoms with Crippen LogP contribution in [0, 0.1) is 22.7 Å². The van der Waals surface area contributed by atoms with E-state index in [-0.39, 0.29) is 0 Å². The maximum atomic E-state index is 8.73. The van der Waals surface area contributed by atoms with Crippen molar-refractivity contribution in [1.82, 2.24) is 9.88 Å². The maximum absolute atomic E-state index is 8.73. The molecule has 0 N–H and O–H groups in total. The summed E-state index contributed by atoms with van der Waals surface area (Å²) in [6, 6.07) is 7.84. The molecule has 0 aliphatic rings. The molecule has 0 fully saturated rings. The molecule has 0 amide bonds. The van der Waals surface area contributed by atoms with Crippen molar-refractivity contribution in [3.8, 4) is 12.1 Å². The maximum Gasteiger partial charge on any atom is 0.140 e. The third-order valence-electron chi connectivity index (χ3n) is 2.33. The molecule has 82 valence electrons. The Labute approximate surface area is 95.8 Å². The fraction of sp³-hybridized carbons (Fsp3) is 0.417. The summed E-state index contributed by atoms with van der Waals surface area (Å²) in [6.45, 7) is 4.47. The summed E-state index contributed by atoms with van der Waals surface area (Å²) in [4.78, 5) is 6.09. The van der Waals surface area contributed by atoms with Gasteiger partial charge in [-0.05, 0) is 24.2 Å². The topological polar surface area (TPSA) is 63.7 Å². The van der Waals surface area contributed by atoms with E-state index in [1.54, 1.807) is 12.3 Å². The lowest BCUT2D eigenvalue weighted by Crippen LogP contribution is -2.23. The smallest absolute Gasteiger partial charge is 0.140 e. The predicted molar refractivity (Wildman–Crippen MR) is 60.1 cm³/mol.